The Morgan fingerprint density at radius 1 is 1.00 bits per heavy atom. The summed E-state index contributed by atoms with van der Waals surface area (Å²) >= 11 is 4.96. The number of nitrogens with two attached hydrogens (primary N) is 1. The van der Waals surface area contributed by atoms with E-state index in [1.54, 1.807) is 11.8 Å². The van der Waals surface area contributed by atoms with Crippen LogP contribution in [0.5, 0.6) is 5.75 Å². The third-order valence-electron chi connectivity index (χ3n) is 3.94. The highest BCUT2D eigenvalue weighted by atomic mass is 79.9. The Hall–Kier alpha value is -2.64. The minimum Gasteiger partial charge on any atom is -0.497 e. The molecule has 0 saturated carbocycles. The van der Waals surface area contributed by atoms with Crippen molar-refractivity contribution in [3.05, 3.63) is 64.5 Å². The van der Waals surface area contributed by atoms with E-state index in [1.807, 2.05) is 60.0 Å². The van der Waals surface area contributed by atoms with Crippen LogP contribution in [0.3, 0.4) is 0 Å². The number of anilines is 1. The van der Waals surface area contributed by atoms with E-state index in [0.717, 1.165) is 37.9 Å². The van der Waals surface area contributed by atoms with Crippen LogP contribution < -0.4 is 10.5 Å². The maximum atomic E-state index is 6.17. The molecule has 2 aromatic heterocycles. The normalized spacial score (nSPS) is 10.8. The van der Waals surface area contributed by atoms with Crippen LogP contribution in [0.4, 0.5) is 5.82 Å². The number of halogens is 1. The summed E-state index contributed by atoms with van der Waals surface area (Å²) in [5, 5.41) is 7.36. The van der Waals surface area contributed by atoms with Gasteiger partial charge in [-0.05, 0) is 36.4 Å². The molecule has 2 N–H and O–H groups in total. The number of hydrogen-bond acceptors (Lipinski definition) is 5. The van der Waals surface area contributed by atoms with Gasteiger partial charge in [0, 0.05) is 27.0 Å². The molecule has 0 bridgehead atoms. The number of ether oxygens (including phenoxy) is 1. The van der Waals surface area contributed by atoms with Crippen LogP contribution in [0.15, 0.2) is 64.5 Å². The molecule has 4 rings (SSSR count). The van der Waals surface area contributed by atoms with Crippen LogP contribution in [-0.4, -0.2) is 21.9 Å². The summed E-state index contributed by atoms with van der Waals surface area (Å²) in [4.78, 5) is 4.68. The van der Waals surface area contributed by atoms with E-state index in [-0.39, 0.29) is 0 Å². The van der Waals surface area contributed by atoms with Crippen molar-refractivity contribution in [2.45, 2.75) is 0 Å². The zero-order chi connectivity index (χ0) is 18.1. The molecule has 2 aromatic carbocycles. The second-order valence-electron chi connectivity index (χ2n) is 5.62. The fourth-order valence-corrected chi connectivity index (χ4v) is 3.63. The van der Waals surface area contributed by atoms with Gasteiger partial charge < -0.3 is 10.5 Å². The third-order valence-corrected chi connectivity index (χ3v) is 5.28. The number of thiazole rings is 1. The van der Waals surface area contributed by atoms with E-state index in [0.29, 0.717) is 5.82 Å². The number of methoxy groups -OCH3 is 1. The molecule has 130 valence electrons. The number of aromatic nitrogens is 3. The van der Waals surface area contributed by atoms with Gasteiger partial charge in [-0.1, -0.05) is 28.1 Å². The highest BCUT2D eigenvalue weighted by Gasteiger charge is 2.13. The molecule has 0 fully saturated rings. The molecule has 0 aliphatic carbocycles. The summed E-state index contributed by atoms with van der Waals surface area (Å²) < 4.78 is 7.91. The first-order chi connectivity index (χ1) is 12.6. The first-order valence-corrected chi connectivity index (χ1v) is 9.53. The molecule has 0 saturated heterocycles. The number of hydrogen-bond donors (Lipinski definition) is 1. The van der Waals surface area contributed by atoms with Crippen LogP contribution in [0.1, 0.15) is 0 Å². The summed E-state index contributed by atoms with van der Waals surface area (Å²) in [6.07, 6.45) is 0. The van der Waals surface area contributed by atoms with Crippen LogP contribution in [0.2, 0.25) is 0 Å². The number of benzene rings is 2. The van der Waals surface area contributed by atoms with Gasteiger partial charge in [0.2, 0.25) is 5.13 Å². The minimum absolute atomic E-state index is 0.549. The lowest BCUT2D eigenvalue weighted by Gasteiger charge is -2.01. The Kier molecular flexibility index (Phi) is 4.48. The molecule has 0 aliphatic heterocycles. The molecular weight excluding hydrogens is 412 g/mol. The molecule has 7 heteroatoms. The topological polar surface area (TPSA) is 66.0 Å². The van der Waals surface area contributed by atoms with Crippen molar-refractivity contribution in [3.63, 3.8) is 0 Å². The molecule has 0 aliphatic rings. The van der Waals surface area contributed by atoms with E-state index < -0.39 is 0 Å². The second kappa shape index (κ2) is 6.93. The second-order valence-corrected chi connectivity index (χ2v) is 7.37. The molecular formula is C19H15BrN4OS. The highest BCUT2D eigenvalue weighted by molar-refractivity contribution is 9.10. The summed E-state index contributed by atoms with van der Waals surface area (Å²) in [6, 6.07) is 17.6. The fraction of sp³-hybridized carbons (Fsp3) is 0.0526. The average Bonchev–Trinajstić information content (AvgIpc) is 3.29. The predicted octanol–water partition coefficient (Wildman–Crippen LogP) is 5.02. The molecule has 0 atom stereocenters. The maximum Gasteiger partial charge on any atom is 0.212 e. The van der Waals surface area contributed by atoms with Gasteiger partial charge in [-0.3, -0.25) is 0 Å². The lowest BCUT2D eigenvalue weighted by Crippen LogP contribution is -2.01. The van der Waals surface area contributed by atoms with E-state index in [2.05, 4.69) is 26.0 Å². The molecule has 26 heavy (non-hydrogen) atoms. The molecule has 4 aromatic rings. The van der Waals surface area contributed by atoms with Gasteiger partial charge in [-0.15, -0.1) is 11.3 Å². The van der Waals surface area contributed by atoms with Crippen molar-refractivity contribution < 1.29 is 4.74 Å². The summed E-state index contributed by atoms with van der Waals surface area (Å²) in [5.74, 6) is 1.35. The fourth-order valence-electron chi connectivity index (χ4n) is 2.57. The van der Waals surface area contributed by atoms with Crippen molar-refractivity contribution >= 4 is 33.1 Å². The third kappa shape index (κ3) is 3.23. The number of nitrogen functional groups attached to an aromatic ring is 1. The number of nitrogens with zero attached hydrogens (tertiary/aromatic N) is 3. The lowest BCUT2D eigenvalue weighted by molar-refractivity contribution is 0.415. The zero-order valence-corrected chi connectivity index (χ0v) is 16.3. The van der Waals surface area contributed by atoms with E-state index in [1.165, 1.54) is 11.3 Å². The Morgan fingerprint density at radius 3 is 2.35 bits per heavy atom. The van der Waals surface area contributed by atoms with Crippen LogP contribution in [0, 0.1) is 0 Å². The molecule has 0 unspecified atom stereocenters. The van der Waals surface area contributed by atoms with E-state index in [9.17, 15) is 0 Å². The summed E-state index contributed by atoms with van der Waals surface area (Å²) in [5.41, 5.74) is 9.89. The van der Waals surface area contributed by atoms with Gasteiger partial charge in [0.15, 0.2) is 0 Å². The first kappa shape index (κ1) is 16.8. The van der Waals surface area contributed by atoms with Crippen molar-refractivity contribution in [1.29, 1.82) is 0 Å². The monoisotopic (exact) mass is 426 g/mol. The smallest absolute Gasteiger partial charge is 0.212 e. The van der Waals surface area contributed by atoms with Crippen molar-refractivity contribution in [3.8, 4) is 33.4 Å². The van der Waals surface area contributed by atoms with Gasteiger partial charge in [0.25, 0.3) is 0 Å². The van der Waals surface area contributed by atoms with Gasteiger partial charge >= 0.3 is 0 Å². The molecule has 0 spiro atoms. The van der Waals surface area contributed by atoms with Gasteiger partial charge in [-0.2, -0.15) is 9.78 Å². The van der Waals surface area contributed by atoms with E-state index in [4.69, 9.17) is 10.5 Å². The Balaban J connectivity index is 1.66. The Morgan fingerprint density at radius 2 is 1.65 bits per heavy atom. The van der Waals surface area contributed by atoms with Crippen LogP contribution >= 0.6 is 27.3 Å². The predicted molar refractivity (Wildman–Crippen MR) is 109 cm³/mol. The van der Waals surface area contributed by atoms with E-state index >= 15 is 0 Å². The SMILES string of the molecule is COc1ccc(-c2cc(N)n(-c3nc(-c4ccc(Br)cc4)cs3)n2)cc1. The van der Waals surface area contributed by atoms with Crippen LogP contribution in [0.25, 0.3) is 27.6 Å². The lowest BCUT2D eigenvalue weighted by atomic mass is 10.1. The Bertz CT molecular complexity index is 1040. The highest BCUT2D eigenvalue weighted by Crippen LogP contribution is 2.29. The van der Waals surface area contributed by atoms with Crippen molar-refractivity contribution in [1.82, 2.24) is 14.8 Å². The molecule has 5 nitrogen and oxygen atoms in total. The average molecular weight is 427 g/mol. The summed E-state index contributed by atoms with van der Waals surface area (Å²) in [7, 11) is 1.65. The van der Waals surface area contributed by atoms with Gasteiger partial charge in [0.05, 0.1) is 18.5 Å². The molecule has 0 radical (unpaired) electrons. The van der Waals surface area contributed by atoms with Gasteiger partial charge in [0.1, 0.15) is 11.6 Å². The zero-order valence-electron chi connectivity index (χ0n) is 13.9. The standard InChI is InChI=1S/C19H15BrN4OS/c1-25-15-8-4-12(5-9-15)16-10-18(21)24(23-16)19-22-17(11-26-19)13-2-6-14(20)7-3-13/h2-11H,21H2,1H3. The Labute approximate surface area is 163 Å². The van der Waals surface area contributed by atoms with Crippen molar-refractivity contribution in [2.24, 2.45) is 0 Å². The first-order valence-electron chi connectivity index (χ1n) is 7.86. The minimum atomic E-state index is 0.549. The maximum absolute atomic E-state index is 6.17. The number of rotatable bonds is 4. The largest absolute Gasteiger partial charge is 0.497 e. The molecule has 0 amide bonds. The molecule has 2 heterocycles. The quantitative estimate of drug-likeness (QED) is 0.497. The summed E-state index contributed by atoms with van der Waals surface area (Å²) in [6.45, 7) is 0. The van der Waals surface area contributed by atoms with Crippen LogP contribution in [-0.2, 0) is 0 Å². The van der Waals surface area contributed by atoms with Gasteiger partial charge in [-0.25, -0.2) is 4.98 Å². The van der Waals surface area contributed by atoms with Crippen molar-refractivity contribution in [2.75, 3.05) is 12.8 Å².